The van der Waals surface area contributed by atoms with Gasteiger partial charge in [0.25, 0.3) is 5.69 Å². The zero-order chi connectivity index (χ0) is 21.1. The van der Waals surface area contributed by atoms with E-state index in [0.29, 0.717) is 18.7 Å². The van der Waals surface area contributed by atoms with Crippen LogP contribution in [0.3, 0.4) is 0 Å². The fourth-order valence-corrected chi connectivity index (χ4v) is 2.17. The second-order valence-electron chi connectivity index (χ2n) is 5.28. The zero-order valence-electron chi connectivity index (χ0n) is 15.2. The molecular weight excluding hydrogens is 372 g/mol. The van der Waals surface area contributed by atoms with Crippen LogP contribution in [0, 0.1) is 10.1 Å². The summed E-state index contributed by atoms with van der Waals surface area (Å²) in [5, 5.41) is 29.0. The Kier molecular flexibility index (Phi) is 8.90. The number of carboxylic acids is 2. The number of benzene rings is 2. The van der Waals surface area contributed by atoms with Gasteiger partial charge in [0, 0.05) is 36.3 Å². The van der Waals surface area contributed by atoms with E-state index < -0.39 is 11.9 Å². The molecule has 0 bridgehead atoms. The molecular formula is C18H20N2O8. The number of para-hydroxylation sites is 1. The predicted octanol–water partition coefficient (Wildman–Crippen LogP) is 2.06. The normalized spacial score (nSPS) is 9.64. The van der Waals surface area contributed by atoms with Gasteiger partial charge < -0.3 is 25.0 Å². The molecule has 0 saturated carbocycles. The summed E-state index contributed by atoms with van der Waals surface area (Å²) in [6.45, 7) is 0.950. The number of carboxylic acid groups (broad SMARTS) is 2. The van der Waals surface area contributed by atoms with Gasteiger partial charge in [-0.05, 0) is 6.07 Å². The lowest BCUT2D eigenvalue weighted by atomic mass is 10.1. The van der Waals surface area contributed by atoms with Gasteiger partial charge >= 0.3 is 11.9 Å². The Labute approximate surface area is 160 Å². The van der Waals surface area contributed by atoms with Crippen LogP contribution in [0.5, 0.6) is 11.5 Å². The summed E-state index contributed by atoms with van der Waals surface area (Å²) in [5.41, 5.74) is 1.73. The number of hydrogen-bond acceptors (Lipinski definition) is 7. The highest BCUT2D eigenvalue weighted by atomic mass is 16.6. The second-order valence-corrected chi connectivity index (χ2v) is 5.28. The fraction of sp³-hybridized carbons (Fsp3) is 0.222. The Morgan fingerprint density at radius 3 is 2.14 bits per heavy atom. The summed E-state index contributed by atoms with van der Waals surface area (Å²) in [7, 11) is 3.20. The van der Waals surface area contributed by atoms with Crippen molar-refractivity contribution in [2.45, 2.75) is 13.1 Å². The van der Waals surface area contributed by atoms with Gasteiger partial charge in [0.2, 0.25) is 0 Å². The van der Waals surface area contributed by atoms with Gasteiger partial charge in [-0.25, -0.2) is 9.59 Å². The van der Waals surface area contributed by atoms with E-state index >= 15 is 0 Å². The minimum absolute atomic E-state index is 0.122. The van der Waals surface area contributed by atoms with E-state index in [-0.39, 0.29) is 10.6 Å². The van der Waals surface area contributed by atoms with Gasteiger partial charge in [0.05, 0.1) is 19.1 Å². The highest BCUT2D eigenvalue weighted by Gasteiger charge is 2.12. The lowest BCUT2D eigenvalue weighted by Gasteiger charge is -2.11. The summed E-state index contributed by atoms with van der Waals surface area (Å²) in [4.78, 5) is 28.8. The van der Waals surface area contributed by atoms with Crippen LogP contribution in [0.15, 0.2) is 42.5 Å². The summed E-state index contributed by atoms with van der Waals surface area (Å²) < 4.78 is 10.5. The van der Waals surface area contributed by atoms with Gasteiger partial charge in [-0.2, -0.15) is 0 Å². The predicted molar refractivity (Wildman–Crippen MR) is 98.5 cm³/mol. The summed E-state index contributed by atoms with van der Waals surface area (Å²) in [5.74, 6) is -2.21. The summed E-state index contributed by atoms with van der Waals surface area (Å²) in [6.07, 6.45) is 0. The van der Waals surface area contributed by atoms with E-state index in [2.05, 4.69) is 5.32 Å². The maximum absolute atomic E-state index is 11.0. The van der Waals surface area contributed by atoms with Crippen molar-refractivity contribution in [2.75, 3.05) is 14.2 Å². The molecule has 3 N–H and O–H groups in total. The van der Waals surface area contributed by atoms with Crippen LogP contribution in [-0.4, -0.2) is 41.3 Å². The van der Waals surface area contributed by atoms with Crippen molar-refractivity contribution in [3.8, 4) is 11.5 Å². The van der Waals surface area contributed by atoms with Crippen molar-refractivity contribution < 1.29 is 34.2 Å². The fourth-order valence-electron chi connectivity index (χ4n) is 2.17. The molecule has 0 atom stereocenters. The lowest BCUT2D eigenvalue weighted by Crippen LogP contribution is -2.14. The Bertz CT molecular complexity index is 826. The smallest absolute Gasteiger partial charge is 0.414 e. The van der Waals surface area contributed by atoms with E-state index in [1.54, 1.807) is 32.4 Å². The standard InChI is InChI=1S/C16H18N2O4.C2H2O4/c1-21-14-8-7-13(16(9-14)22-2)11-17-10-12-5-3-4-6-15(12)18(19)20;3-1(4)2(5)6/h3-9,17H,10-11H2,1-2H3;(H,3,4)(H,5,6). The van der Waals surface area contributed by atoms with Crippen LogP contribution in [0.2, 0.25) is 0 Å². The molecule has 150 valence electrons. The van der Waals surface area contributed by atoms with Crippen LogP contribution in [0.25, 0.3) is 0 Å². The SMILES string of the molecule is COc1ccc(CNCc2ccccc2[N+](=O)[O-])c(OC)c1.O=C(O)C(=O)O. The van der Waals surface area contributed by atoms with Crippen LogP contribution in [0.1, 0.15) is 11.1 Å². The number of nitro benzene ring substituents is 1. The number of hydrogen-bond donors (Lipinski definition) is 3. The Hall–Kier alpha value is -3.66. The monoisotopic (exact) mass is 392 g/mol. The van der Waals surface area contributed by atoms with Crippen LogP contribution >= 0.6 is 0 Å². The van der Waals surface area contributed by atoms with Crippen LogP contribution < -0.4 is 14.8 Å². The molecule has 0 aliphatic heterocycles. The quantitative estimate of drug-likeness (QED) is 0.366. The Morgan fingerprint density at radius 1 is 1.00 bits per heavy atom. The number of nitrogens with one attached hydrogen (secondary N) is 1. The molecule has 2 aromatic rings. The molecule has 0 fully saturated rings. The first-order valence-electron chi connectivity index (χ1n) is 7.90. The first-order chi connectivity index (χ1) is 13.3. The third-order valence-electron chi connectivity index (χ3n) is 3.50. The van der Waals surface area contributed by atoms with Crippen molar-refractivity contribution in [1.82, 2.24) is 5.32 Å². The molecule has 0 saturated heterocycles. The number of nitro groups is 1. The van der Waals surface area contributed by atoms with E-state index in [4.69, 9.17) is 29.3 Å². The molecule has 2 rings (SSSR count). The molecule has 0 aromatic heterocycles. The maximum Gasteiger partial charge on any atom is 0.414 e. The number of ether oxygens (including phenoxy) is 2. The van der Waals surface area contributed by atoms with E-state index in [9.17, 15) is 10.1 Å². The third-order valence-corrected chi connectivity index (χ3v) is 3.50. The van der Waals surface area contributed by atoms with Gasteiger partial charge in [0.1, 0.15) is 11.5 Å². The second kappa shape index (κ2) is 11.1. The number of carbonyl (C=O) groups is 2. The third kappa shape index (κ3) is 6.92. The zero-order valence-corrected chi connectivity index (χ0v) is 15.2. The van der Waals surface area contributed by atoms with Crippen molar-refractivity contribution >= 4 is 17.6 Å². The molecule has 0 aliphatic carbocycles. The van der Waals surface area contributed by atoms with Crippen LogP contribution in [-0.2, 0) is 22.7 Å². The Balaban J connectivity index is 0.000000568. The van der Waals surface area contributed by atoms with Crippen molar-refractivity contribution in [3.63, 3.8) is 0 Å². The number of methoxy groups -OCH3 is 2. The molecule has 0 heterocycles. The topological polar surface area (TPSA) is 148 Å². The molecule has 2 aromatic carbocycles. The molecule has 0 unspecified atom stereocenters. The molecule has 10 nitrogen and oxygen atoms in total. The molecule has 0 amide bonds. The van der Waals surface area contributed by atoms with E-state index in [1.807, 2.05) is 18.2 Å². The highest BCUT2D eigenvalue weighted by molar-refractivity contribution is 6.27. The van der Waals surface area contributed by atoms with Crippen molar-refractivity contribution in [3.05, 3.63) is 63.7 Å². The molecule has 0 aliphatic rings. The highest BCUT2D eigenvalue weighted by Crippen LogP contribution is 2.24. The molecule has 10 heteroatoms. The van der Waals surface area contributed by atoms with Gasteiger partial charge in [-0.15, -0.1) is 0 Å². The largest absolute Gasteiger partial charge is 0.497 e. The van der Waals surface area contributed by atoms with Crippen molar-refractivity contribution in [1.29, 1.82) is 0 Å². The average Bonchev–Trinajstić information content (AvgIpc) is 2.68. The van der Waals surface area contributed by atoms with Crippen LogP contribution in [0.4, 0.5) is 5.69 Å². The molecule has 0 spiro atoms. The summed E-state index contributed by atoms with van der Waals surface area (Å²) in [6, 6.07) is 12.3. The summed E-state index contributed by atoms with van der Waals surface area (Å²) >= 11 is 0. The minimum Gasteiger partial charge on any atom is -0.497 e. The van der Waals surface area contributed by atoms with Gasteiger partial charge in [0.15, 0.2) is 0 Å². The maximum atomic E-state index is 11.0. The molecule has 28 heavy (non-hydrogen) atoms. The minimum atomic E-state index is -1.82. The number of nitrogens with zero attached hydrogens (tertiary/aromatic N) is 1. The van der Waals surface area contributed by atoms with E-state index in [1.165, 1.54) is 6.07 Å². The average molecular weight is 392 g/mol. The Morgan fingerprint density at radius 2 is 1.61 bits per heavy atom. The first kappa shape index (κ1) is 22.4. The van der Waals surface area contributed by atoms with Crippen molar-refractivity contribution in [2.24, 2.45) is 0 Å². The number of rotatable bonds is 7. The number of aliphatic carboxylic acids is 2. The first-order valence-corrected chi connectivity index (χ1v) is 7.90. The van der Waals surface area contributed by atoms with Gasteiger partial charge in [-0.1, -0.05) is 24.3 Å². The van der Waals surface area contributed by atoms with Gasteiger partial charge in [-0.3, -0.25) is 10.1 Å². The molecule has 0 radical (unpaired) electrons. The van der Waals surface area contributed by atoms with E-state index in [0.717, 1.165) is 17.1 Å². The lowest BCUT2D eigenvalue weighted by molar-refractivity contribution is -0.385.